The van der Waals surface area contributed by atoms with Crippen molar-refractivity contribution in [2.24, 2.45) is 10.9 Å². The Bertz CT molecular complexity index is 1500. The average molecular weight is 532 g/mol. The van der Waals surface area contributed by atoms with Gasteiger partial charge in [0.1, 0.15) is 6.54 Å². The second kappa shape index (κ2) is 9.68. The zero-order valence-electron chi connectivity index (χ0n) is 19.8. The predicted octanol–water partition coefficient (Wildman–Crippen LogP) is 2.44. The molecule has 1 amide bonds. The first-order valence-electron chi connectivity index (χ1n) is 11.4. The first-order valence-corrected chi connectivity index (χ1v) is 13.7. The van der Waals surface area contributed by atoms with E-state index in [0.717, 1.165) is 10.3 Å². The van der Waals surface area contributed by atoms with Gasteiger partial charge < -0.3 is 18.8 Å². The van der Waals surface area contributed by atoms with E-state index in [2.05, 4.69) is 4.99 Å². The van der Waals surface area contributed by atoms with Crippen LogP contribution in [0.2, 0.25) is 0 Å². The molecule has 0 aliphatic carbocycles. The molecule has 0 unspecified atom stereocenters. The molecular weight excluding hydrogens is 506 g/mol. The number of ether oxygens (including phenoxy) is 3. The molecule has 1 fully saturated rings. The second-order valence-corrected chi connectivity index (χ2v) is 11.6. The first-order chi connectivity index (χ1) is 17.3. The van der Waals surface area contributed by atoms with Gasteiger partial charge in [-0.1, -0.05) is 29.0 Å². The quantitative estimate of drug-likeness (QED) is 0.464. The first kappa shape index (κ1) is 24.5. The van der Waals surface area contributed by atoms with Crippen LogP contribution < -0.4 is 14.3 Å². The molecule has 2 aromatic carbocycles. The Morgan fingerprint density at radius 3 is 2.44 bits per heavy atom. The van der Waals surface area contributed by atoms with Crippen molar-refractivity contribution >= 4 is 43.5 Å². The Balaban J connectivity index is 1.38. The normalized spacial score (nSPS) is 17.0. The second-order valence-electron chi connectivity index (χ2n) is 8.66. The van der Waals surface area contributed by atoms with E-state index in [-0.39, 0.29) is 37.2 Å². The average Bonchev–Trinajstić information content (AvgIpc) is 3.46. The van der Waals surface area contributed by atoms with Gasteiger partial charge in [0.05, 0.1) is 22.2 Å². The summed E-state index contributed by atoms with van der Waals surface area (Å²) in [6.45, 7) is 2.38. The van der Waals surface area contributed by atoms with E-state index in [1.165, 1.54) is 22.8 Å². The molecule has 12 heteroatoms. The van der Waals surface area contributed by atoms with Gasteiger partial charge in [-0.3, -0.25) is 9.59 Å². The van der Waals surface area contributed by atoms with Gasteiger partial charge in [0.2, 0.25) is 16.8 Å². The number of methoxy groups -OCH3 is 1. The highest BCUT2D eigenvalue weighted by Crippen LogP contribution is 2.37. The van der Waals surface area contributed by atoms with Crippen molar-refractivity contribution in [2.45, 2.75) is 31.2 Å². The molecule has 5 rings (SSSR count). The van der Waals surface area contributed by atoms with Crippen LogP contribution in [0.4, 0.5) is 0 Å². The number of sulfonamides is 1. The molecule has 190 valence electrons. The van der Waals surface area contributed by atoms with E-state index in [1.807, 2.05) is 6.92 Å². The molecule has 2 aliphatic rings. The summed E-state index contributed by atoms with van der Waals surface area (Å²) in [6, 6.07) is 10.3. The lowest BCUT2D eigenvalue weighted by Gasteiger charge is -2.29. The van der Waals surface area contributed by atoms with Crippen molar-refractivity contribution in [3.8, 4) is 11.5 Å². The molecule has 3 aromatic rings. The van der Waals surface area contributed by atoms with E-state index in [0.29, 0.717) is 34.7 Å². The lowest BCUT2D eigenvalue weighted by atomic mass is 9.98. The molecule has 1 saturated heterocycles. The SMILES string of the molecule is COC(=O)Cn1c(=NC(=O)C2CCN(S(=O)(=O)c3ccc(C)cc3)CC2)sc2cc3c(cc21)OCO3. The minimum Gasteiger partial charge on any atom is -0.468 e. The maximum atomic E-state index is 13.1. The summed E-state index contributed by atoms with van der Waals surface area (Å²) in [4.78, 5) is 30.1. The Morgan fingerprint density at radius 1 is 1.11 bits per heavy atom. The number of carbonyl (C=O) groups excluding carboxylic acids is 2. The number of aromatic nitrogens is 1. The fourth-order valence-corrected chi connectivity index (χ4v) is 6.79. The van der Waals surface area contributed by atoms with Crippen LogP contribution in [0.25, 0.3) is 10.2 Å². The summed E-state index contributed by atoms with van der Waals surface area (Å²) in [7, 11) is -2.32. The van der Waals surface area contributed by atoms with Crippen molar-refractivity contribution in [1.29, 1.82) is 0 Å². The molecular formula is C24H25N3O7S2. The van der Waals surface area contributed by atoms with Crippen molar-refractivity contribution in [3.05, 3.63) is 46.8 Å². The van der Waals surface area contributed by atoms with E-state index in [9.17, 15) is 18.0 Å². The Labute approximate surface area is 211 Å². The van der Waals surface area contributed by atoms with Crippen LogP contribution in [-0.2, 0) is 30.9 Å². The number of benzene rings is 2. The Kier molecular flexibility index (Phi) is 6.58. The molecule has 0 N–H and O–H groups in total. The highest BCUT2D eigenvalue weighted by atomic mass is 32.2. The number of thiazole rings is 1. The van der Waals surface area contributed by atoms with Crippen LogP contribution >= 0.6 is 11.3 Å². The number of aryl methyl sites for hydroxylation is 1. The monoisotopic (exact) mass is 531 g/mol. The molecule has 36 heavy (non-hydrogen) atoms. The molecule has 0 spiro atoms. The third-order valence-corrected chi connectivity index (χ3v) is 9.31. The van der Waals surface area contributed by atoms with Crippen molar-refractivity contribution in [3.63, 3.8) is 0 Å². The molecule has 2 aliphatic heterocycles. The highest BCUT2D eigenvalue weighted by molar-refractivity contribution is 7.89. The van der Waals surface area contributed by atoms with Crippen LogP contribution in [0.5, 0.6) is 11.5 Å². The standard InChI is InChI=1S/C24H25N3O7S2/c1-15-3-5-17(6-4-15)36(30,31)26-9-7-16(8-10-26)23(29)25-24-27(13-22(28)32-2)18-11-19-20(34-14-33-19)12-21(18)35-24/h3-6,11-12,16H,7-10,13-14H2,1-2H3. The topological polar surface area (TPSA) is 116 Å². The molecule has 0 bridgehead atoms. The molecule has 0 atom stereocenters. The summed E-state index contributed by atoms with van der Waals surface area (Å²) in [5, 5.41) is 0. The number of hydrogen-bond donors (Lipinski definition) is 0. The lowest BCUT2D eigenvalue weighted by Crippen LogP contribution is -2.40. The summed E-state index contributed by atoms with van der Waals surface area (Å²) >= 11 is 1.26. The number of hydrogen-bond acceptors (Lipinski definition) is 8. The molecule has 10 nitrogen and oxygen atoms in total. The number of carbonyl (C=O) groups is 2. The number of amides is 1. The van der Waals surface area contributed by atoms with Gasteiger partial charge in [0.15, 0.2) is 16.3 Å². The number of piperidine rings is 1. The van der Waals surface area contributed by atoms with Gasteiger partial charge in [0.25, 0.3) is 5.91 Å². The lowest BCUT2D eigenvalue weighted by molar-refractivity contribution is -0.141. The van der Waals surface area contributed by atoms with E-state index < -0.39 is 21.9 Å². The molecule has 1 aromatic heterocycles. The zero-order chi connectivity index (χ0) is 25.4. The largest absolute Gasteiger partial charge is 0.468 e. The Hall–Kier alpha value is -3.22. The van der Waals surface area contributed by atoms with Gasteiger partial charge in [0, 0.05) is 31.1 Å². The minimum atomic E-state index is -3.62. The van der Waals surface area contributed by atoms with Crippen molar-refractivity contribution in [1.82, 2.24) is 8.87 Å². The molecule has 3 heterocycles. The van der Waals surface area contributed by atoms with Gasteiger partial charge in [-0.05, 0) is 31.9 Å². The third kappa shape index (κ3) is 4.63. The number of fused-ring (bicyclic) bond motifs is 2. The minimum absolute atomic E-state index is 0.116. The number of nitrogens with zero attached hydrogens (tertiary/aromatic N) is 3. The highest BCUT2D eigenvalue weighted by Gasteiger charge is 2.32. The fraction of sp³-hybridized carbons (Fsp3) is 0.375. The molecule has 0 saturated carbocycles. The van der Waals surface area contributed by atoms with Crippen LogP contribution in [0.15, 0.2) is 46.3 Å². The summed E-state index contributed by atoms with van der Waals surface area (Å²) in [5.74, 6) is -0.0839. The smallest absolute Gasteiger partial charge is 0.325 e. The van der Waals surface area contributed by atoms with E-state index in [4.69, 9.17) is 14.2 Å². The van der Waals surface area contributed by atoms with Crippen LogP contribution in [0.1, 0.15) is 18.4 Å². The maximum Gasteiger partial charge on any atom is 0.325 e. The van der Waals surface area contributed by atoms with Crippen LogP contribution in [-0.4, -0.2) is 56.2 Å². The summed E-state index contributed by atoms with van der Waals surface area (Å²) < 4.78 is 45.5. The maximum absolute atomic E-state index is 13.1. The molecule has 0 radical (unpaired) electrons. The summed E-state index contributed by atoms with van der Waals surface area (Å²) in [6.07, 6.45) is 0.733. The van der Waals surface area contributed by atoms with Crippen molar-refractivity contribution < 1.29 is 32.2 Å². The van der Waals surface area contributed by atoms with Crippen LogP contribution in [0, 0.1) is 12.8 Å². The predicted molar refractivity (Wildman–Crippen MR) is 131 cm³/mol. The summed E-state index contributed by atoms with van der Waals surface area (Å²) in [5.41, 5.74) is 1.66. The third-order valence-electron chi connectivity index (χ3n) is 6.36. The Morgan fingerprint density at radius 2 is 1.78 bits per heavy atom. The van der Waals surface area contributed by atoms with Gasteiger partial charge >= 0.3 is 5.97 Å². The van der Waals surface area contributed by atoms with Gasteiger partial charge in [-0.2, -0.15) is 9.30 Å². The number of esters is 1. The van der Waals surface area contributed by atoms with Gasteiger partial charge in [-0.15, -0.1) is 0 Å². The van der Waals surface area contributed by atoms with Crippen molar-refractivity contribution in [2.75, 3.05) is 27.0 Å². The number of rotatable bonds is 5. The van der Waals surface area contributed by atoms with E-state index in [1.54, 1.807) is 41.0 Å². The van der Waals surface area contributed by atoms with Crippen LogP contribution in [0.3, 0.4) is 0 Å². The fourth-order valence-electron chi connectivity index (χ4n) is 4.28. The zero-order valence-corrected chi connectivity index (χ0v) is 21.4. The van der Waals surface area contributed by atoms with E-state index >= 15 is 0 Å². The van der Waals surface area contributed by atoms with Gasteiger partial charge in [-0.25, -0.2) is 8.42 Å².